The van der Waals surface area contributed by atoms with Crippen LogP contribution in [0.15, 0.2) is 40.9 Å². The Bertz CT molecular complexity index is 972. The molecule has 0 fully saturated rings. The fourth-order valence-corrected chi connectivity index (χ4v) is 2.68. The number of nitrogens with one attached hydrogen (secondary N) is 1. The number of carbonyl (C=O) groups excluding carboxylic acids is 3. The van der Waals surface area contributed by atoms with Crippen molar-refractivity contribution < 1.29 is 38.7 Å². The second-order valence-electron chi connectivity index (χ2n) is 7.28. The SMILES string of the molecule is CCC(=O)O.NC(=O)CCC(=O)[C@H](CCC(=O)O)NC(=O)CCc1cc(-c2ccccc2)on1. The highest BCUT2D eigenvalue weighted by atomic mass is 16.5. The van der Waals surface area contributed by atoms with Gasteiger partial charge in [-0.25, -0.2) is 0 Å². The summed E-state index contributed by atoms with van der Waals surface area (Å²) in [5.41, 5.74) is 6.48. The zero-order valence-corrected chi connectivity index (χ0v) is 18.9. The molecule has 1 heterocycles. The van der Waals surface area contributed by atoms with Gasteiger partial charge < -0.3 is 25.8 Å². The van der Waals surface area contributed by atoms with E-state index >= 15 is 0 Å². The maximum Gasteiger partial charge on any atom is 0.303 e. The number of aromatic nitrogens is 1. The molecule has 11 nitrogen and oxygen atoms in total. The zero-order chi connectivity index (χ0) is 25.5. The summed E-state index contributed by atoms with van der Waals surface area (Å²) in [7, 11) is 0. The van der Waals surface area contributed by atoms with E-state index < -0.39 is 35.6 Å². The summed E-state index contributed by atoms with van der Waals surface area (Å²) in [6, 6.07) is 10.1. The minimum atomic E-state index is -1.08. The summed E-state index contributed by atoms with van der Waals surface area (Å²) in [5.74, 6) is -2.72. The molecule has 1 aromatic heterocycles. The van der Waals surface area contributed by atoms with Crippen LogP contribution < -0.4 is 11.1 Å². The quantitative estimate of drug-likeness (QED) is 0.335. The van der Waals surface area contributed by atoms with E-state index in [9.17, 15) is 24.0 Å². The van der Waals surface area contributed by atoms with Crippen molar-refractivity contribution in [3.05, 3.63) is 42.1 Å². The average Bonchev–Trinajstić information content (AvgIpc) is 3.28. The number of aliphatic carboxylic acids is 2. The first-order valence-corrected chi connectivity index (χ1v) is 10.7. The number of hydrogen-bond donors (Lipinski definition) is 4. The Morgan fingerprint density at radius 1 is 1.00 bits per heavy atom. The maximum absolute atomic E-state index is 12.2. The van der Waals surface area contributed by atoms with Crippen molar-refractivity contribution in [1.29, 1.82) is 0 Å². The number of nitrogens with zero attached hydrogens (tertiary/aromatic N) is 1. The number of Topliss-reactive ketones (excluding diaryl/α,β-unsaturated/α-hetero) is 1. The van der Waals surface area contributed by atoms with Crippen LogP contribution in [0.2, 0.25) is 0 Å². The first kappa shape index (κ1) is 28.0. The van der Waals surface area contributed by atoms with E-state index in [0.717, 1.165) is 5.56 Å². The van der Waals surface area contributed by atoms with Crippen LogP contribution in [0, 0.1) is 0 Å². The molecule has 1 atom stereocenters. The average molecular weight is 475 g/mol. The monoisotopic (exact) mass is 475 g/mol. The molecule has 2 rings (SSSR count). The Balaban J connectivity index is 0.00000104. The minimum absolute atomic E-state index is 0.0490. The van der Waals surface area contributed by atoms with Gasteiger partial charge in [0.1, 0.15) is 0 Å². The zero-order valence-electron chi connectivity index (χ0n) is 18.9. The van der Waals surface area contributed by atoms with Gasteiger partial charge in [-0.3, -0.25) is 24.0 Å². The van der Waals surface area contributed by atoms with Crippen LogP contribution in [0.25, 0.3) is 11.3 Å². The van der Waals surface area contributed by atoms with E-state index in [1.165, 1.54) is 0 Å². The Hall–Kier alpha value is -4.02. The lowest BCUT2D eigenvalue weighted by Crippen LogP contribution is -2.41. The highest BCUT2D eigenvalue weighted by Gasteiger charge is 2.22. The predicted octanol–water partition coefficient (Wildman–Crippen LogP) is 1.94. The molecule has 0 saturated heterocycles. The van der Waals surface area contributed by atoms with Crippen molar-refractivity contribution in [3.63, 3.8) is 0 Å². The predicted molar refractivity (Wildman–Crippen MR) is 120 cm³/mol. The summed E-state index contributed by atoms with van der Waals surface area (Å²) < 4.78 is 5.28. The normalized spacial score (nSPS) is 11.0. The number of carboxylic acids is 2. The maximum atomic E-state index is 12.2. The van der Waals surface area contributed by atoms with Gasteiger partial charge in [0.05, 0.1) is 11.7 Å². The first-order chi connectivity index (χ1) is 16.1. The van der Waals surface area contributed by atoms with Crippen molar-refractivity contribution in [3.8, 4) is 11.3 Å². The molecule has 0 saturated carbocycles. The van der Waals surface area contributed by atoms with Crippen molar-refractivity contribution >= 4 is 29.5 Å². The van der Waals surface area contributed by atoms with Crippen LogP contribution in [0.5, 0.6) is 0 Å². The molecule has 34 heavy (non-hydrogen) atoms. The van der Waals surface area contributed by atoms with E-state index in [2.05, 4.69) is 10.5 Å². The van der Waals surface area contributed by atoms with Crippen molar-refractivity contribution in [2.75, 3.05) is 0 Å². The molecule has 11 heteroatoms. The second-order valence-corrected chi connectivity index (χ2v) is 7.28. The van der Waals surface area contributed by atoms with E-state index in [1.54, 1.807) is 13.0 Å². The molecule has 0 aliphatic heterocycles. The fourth-order valence-electron chi connectivity index (χ4n) is 2.68. The van der Waals surface area contributed by atoms with E-state index in [0.29, 0.717) is 17.9 Å². The Labute approximate surface area is 196 Å². The first-order valence-electron chi connectivity index (χ1n) is 10.7. The molecule has 0 spiro atoms. The third-order valence-corrected chi connectivity index (χ3v) is 4.52. The summed E-state index contributed by atoms with van der Waals surface area (Å²) in [5, 5.41) is 23.0. The third kappa shape index (κ3) is 11.6. The Kier molecular flexibility index (Phi) is 12.3. The van der Waals surface area contributed by atoms with Crippen molar-refractivity contribution in [1.82, 2.24) is 10.5 Å². The molecule has 0 radical (unpaired) electrons. The highest BCUT2D eigenvalue weighted by Crippen LogP contribution is 2.20. The Morgan fingerprint density at radius 3 is 2.21 bits per heavy atom. The largest absolute Gasteiger partial charge is 0.481 e. The smallest absolute Gasteiger partial charge is 0.303 e. The summed E-state index contributed by atoms with van der Waals surface area (Å²) >= 11 is 0. The number of nitrogens with two attached hydrogens (primary N) is 1. The minimum Gasteiger partial charge on any atom is -0.481 e. The lowest BCUT2D eigenvalue weighted by molar-refractivity contribution is -0.138. The molecule has 184 valence electrons. The van der Waals surface area contributed by atoms with Gasteiger partial charge >= 0.3 is 11.9 Å². The van der Waals surface area contributed by atoms with Crippen LogP contribution in [0.1, 0.15) is 51.1 Å². The molecule has 2 aromatic rings. The number of ketones is 1. The molecule has 2 amide bonds. The van der Waals surface area contributed by atoms with Gasteiger partial charge in [-0.1, -0.05) is 42.4 Å². The molecule has 5 N–H and O–H groups in total. The van der Waals surface area contributed by atoms with Gasteiger partial charge in [0, 0.05) is 50.2 Å². The summed E-state index contributed by atoms with van der Waals surface area (Å²) in [6.07, 6.45) is -0.0718. The van der Waals surface area contributed by atoms with Crippen LogP contribution >= 0.6 is 0 Å². The van der Waals surface area contributed by atoms with Gasteiger partial charge in [-0.05, 0) is 6.42 Å². The van der Waals surface area contributed by atoms with E-state index in [4.69, 9.17) is 20.5 Å². The number of aryl methyl sites for hydroxylation is 1. The number of primary amides is 1. The lowest BCUT2D eigenvalue weighted by atomic mass is 10.0. The standard InChI is InChI=1S/C20H23N3O6.C3H6O2/c21-18(25)9-8-16(24)15(7-11-20(27)28)22-19(26)10-6-14-12-17(29-23-14)13-4-2-1-3-5-13;1-2-3(4)5/h1-5,12,15H,6-11H2,(H2,21,25)(H,22,26)(H,27,28);2H2,1H3,(H,4,5)/t15-;/m0./s1. The number of hydrogen-bond acceptors (Lipinski definition) is 7. The summed E-state index contributed by atoms with van der Waals surface area (Å²) in [6.45, 7) is 1.60. The number of benzene rings is 1. The van der Waals surface area contributed by atoms with Crippen molar-refractivity contribution in [2.45, 2.75) is 57.9 Å². The topological polar surface area (TPSA) is 190 Å². The van der Waals surface area contributed by atoms with Gasteiger partial charge in [-0.15, -0.1) is 0 Å². The van der Waals surface area contributed by atoms with Crippen molar-refractivity contribution in [2.24, 2.45) is 5.73 Å². The lowest BCUT2D eigenvalue weighted by Gasteiger charge is -2.16. The molecular weight excluding hydrogens is 446 g/mol. The molecule has 0 bridgehead atoms. The molecule has 0 aliphatic carbocycles. The van der Waals surface area contributed by atoms with Gasteiger partial charge in [0.2, 0.25) is 11.8 Å². The van der Waals surface area contributed by atoms with Gasteiger partial charge in [0.15, 0.2) is 11.5 Å². The summed E-state index contributed by atoms with van der Waals surface area (Å²) in [4.78, 5) is 55.4. The van der Waals surface area contributed by atoms with Gasteiger partial charge in [-0.2, -0.15) is 0 Å². The number of amides is 2. The molecule has 0 unspecified atom stereocenters. The third-order valence-electron chi connectivity index (χ3n) is 4.52. The van der Waals surface area contributed by atoms with E-state index in [-0.39, 0.29) is 38.5 Å². The second kappa shape index (κ2) is 14.9. The number of rotatable bonds is 13. The van der Waals surface area contributed by atoms with E-state index in [1.807, 2.05) is 30.3 Å². The van der Waals surface area contributed by atoms with Crippen LogP contribution in [0.4, 0.5) is 0 Å². The molecule has 0 aliphatic rings. The van der Waals surface area contributed by atoms with Crippen LogP contribution in [0.3, 0.4) is 0 Å². The van der Waals surface area contributed by atoms with Crippen LogP contribution in [-0.2, 0) is 30.4 Å². The fraction of sp³-hybridized carbons (Fsp3) is 0.391. The molecular formula is C23H29N3O8. The van der Waals surface area contributed by atoms with Gasteiger partial charge in [0.25, 0.3) is 0 Å². The van der Waals surface area contributed by atoms with Crippen LogP contribution in [-0.4, -0.2) is 50.9 Å². The number of carbonyl (C=O) groups is 5. The Morgan fingerprint density at radius 2 is 1.65 bits per heavy atom. The highest BCUT2D eigenvalue weighted by molar-refractivity contribution is 5.91. The number of carboxylic acid groups (broad SMARTS) is 2. The molecule has 1 aromatic carbocycles.